The van der Waals surface area contributed by atoms with Crippen molar-refractivity contribution in [3.8, 4) is 11.5 Å². The predicted octanol–water partition coefficient (Wildman–Crippen LogP) is 3.21. The summed E-state index contributed by atoms with van der Waals surface area (Å²) >= 11 is 0. The Labute approximate surface area is 229 Å². The summed E-state index contributed by atoms with van der Waals surface area (Å²) in [6, 6.07) is 8.95. The van der Waals surface area contributed by atoms with E-state index in [2.05, 4.69) is 0 Å². The molecule has 10 nitrogen and oxygen atoms in total. The van der Waals surface area contributed by atoms with Crippen LogP contribution in [0.3, 0.4) is 0 Å². The molecule has 1 amide bonds. The molecule has 2 atom stereocenters. The molecule has 2 fully saturated rings. The number of amides is 1. The van der Waals surface area contributed by atoms with Crippen LogP contribution >= 0.6 is 0 Å². The summed E-state index contributed by atoms with van der Waals surface area (Å²) in [5.41, 5.74) is -0.524. The van der Waals surface area contributed by atoms with Gasteiger partial charge in [0.25, 0.3) is 0 Å². The van der Waals surface area contributed by atoms with Crippen molar-refractivity contribution >= 4 is 21.7 Å². The lowest BCUT2D eigenvalue weighted by atomic mass is 9.70. The lowest BCUT2D eigenvalue weighted by molar-refractivity contribution is -0.133. The van der Waals surface area contributed by atoms with E-state index in [1.807, 2.05) is 26.0 Å². The first-order chi connectivity index (χ1) is 18.6. The summed E-state index contributed by atoms with van der Waals surface area (Å²) in [5.74, 6) is 1.34. The van der Waals surface area contributed by atoms with Crippen molar-refractivity contribution in [1.29, 1.82) is 0 Å². The molecule has 0 saturated heterocycles. The molecule has 0 radical (unpaired) electrons. The molecule has 0 N–H and O–H groups in total. The average molecular weight is 561 g/mol. The van der Waals surface area contributed by atoms with E-state index < -0.39 is 20.9 Å². The zero-order valence-electron chi connectivity index (χ0n) is 22.7. The van der Waals surface area contributed by atoms with E-state index in [0.29, 0.717) is 30.1 Å². The smallest absolute Gasteiger partial charge is 0.238 e. The number of Topliss-reactive ketones (excluding diaryl/α,β-unsaturated/α-hetero) is 1. The molecule has 2 bridgehead atoms. The molecule has 2 aromatic rings. The number of ether oxygens (including phenoxy) is 3. The maximum absolute atomic E-state index is 13.9. The molecule has 3 aliphatic rings. The topological polar surface area (TPSA) is 116 Å². The van der Waals surface area contributed by atoms with Gasteiger partial charge in [-0.15, -0.1) is 0 Å². The average Bonchev–Trinajstić information content (AvgIpc) is 3.65. The van der Waals surface area contributed by atoms with Crippen molar-refractivity contribution in [3.63, 3.8) is 0 Å². The van der Waals surface area contributed by atoms with E-state index in [9.17, 15) is 18.0 Å². The molecule has 1 aromatic heterocycles. The van der Waals surface area contributed by atoms with Crippen LogP contribution in [0, 0.1) is 16.7 Å². The van der Waals surface area contributed by atoms with Crippen molar-refractivity contribution in [3.05, 3.63) is 47.9 Å². The summed E-state index contributed by atoms with van der Waals surface area (Å²) in [6.45, 7) is 4.29. The number of benzene rings is 1. The summed E-state index contributed by atoms with van der Waals surface area (Å²) in [4.78, 5) is 28.4. The minimum absolute atomic E-state index is 0.0112. The van der Waals surface area contributed by atoms with Gasteiger partial charge in [-0.05, 0) is 54.0 Å². The van der Waals surface area contributed by atoms with Gasteiger partial charge in [-0.25, -0.2) is 8.42 Å². The van der Waals surface area contributed by atoms with Gasteiger partial charge in [-0.3, -0.25) is 9.59 Å². The Morgan fingerprint density at radius 2 is 1.95 bits per heavy atom. The second-order valence-corrected chi connectivity index (χ2v) is 13.2. The van der Waals surface area contributed by atoms with E-state index >= 15 is 0 Å². The monoisotopic (exact) mass is 560 g/mol. The number of carbonyl (C=O) groups is 2. The van der Waals surface area contributed by atoms with Crippen molar-refractivity contribution in [2.75, 3.05) is 39.4 Å². The van der Waals surface area contributed by atoms with Gasteiger partial charge in [-0.2, -0.15) is 4.31 Å². The van der Waals surface area contributed by atoms with E-state index in [0.717, 1.165) is 12.0 Å². The first kappa shape index (κ1) is 27.7. The van der Waals surface area contributed by atoms with Crippen molar-refractivity contribution in [1.82, 2.24) is 9.21 Å². The lowest BCUT2D eigenvalue weighted by Crippen LogP contribution is -2.49. The Hall–Kier alpha value is -2.89. The number of carbonyl (C=O) groups excluding carboxylic acids is 2. The van der Waals surface area contributed by atoms with E-state index in [-0.39, 0.29) is 62.9 Å². The maximum atomic E-state index is 13.9. The minimum atomic E-state index is -3.97. The van der Waals surface area contributed by atoms with Crippen molar-refractivity contribution in [2.45, 2.75) is 46.2 Å². The van der Waals surface area contributed by atoms with Crippen LogP contribution in [0.2, 0.25) is 0 Å². The number of rotatable bonds is 12. The molecule has 1 aromatic carbocycles. The highest BCUT2D eigenvalue weighted by molar-refractivity contribution is 7.89. The van der Waals surface area contributed by atoms with Crippen LogP contribution in [0.5, 0.6) is 11.5 Å². The molecular weight excluding hydrogens is 524 g/mol. The number of sulfonamides is 1. The first-order valence-corrected chi connectivity index (χ1v) is 14.9. The molecule has 11 heteroatoms. The first-order valence-electron chi connectivity index (χ1n) is 13.2. The minimum Gasteiger partial charge on any atom is -0.467 e. The third kappa shape index (κ3) is 5.19. The third-order valence-electron chi connectivity index (χ3n) is 8.91. The van der Waals surface area contributed by atoms with Gasteiger partial charge in [-0.1, -0.05) is 19.9 Å². The zero-order valence-corrected chi connectivity index (χ0v) is 23.5. The van der Waals surface area contributed by atoms with Gasteiger partial charge in [0, 0.05) is 32.0 Å². The standard InChI is InChI=1S/C28H36N2O8S/c1-27(2)21-8-9-28(27,25(31)14-21)18-39(33,34)30(10-12-35-3)17-26(32)29(16-22-5-4-11-36-22)15-20-6-7-23-24(13-20)38-19-37-23/h4-7,11,13,21H,8-10,12,14-19H2,1-3H3. The number of methoxy groups -OCH3 is 1. The maximum Gasteiger partial charge on any atom is 0.238 e. The molecule has 2 saturated carbocycles. The van der Waals surface area contributed by atoms with Crippen molar-refractivity contribution in [2.24, 2.45) is 16.7 Å². The normalized spacial score (nSPS) is 23.1. The van der Waals surface area contributed by atoms with Crippen LogP contribution in [-0.4, -0.2) is 68.7 Å². The lowest BCUT2D eigenvalue weighted by Gasteiger charge is -2.37. The van der Waals surface area contributed by atoms with Gasteiger partial charge < -0.3 is 23.5 Å². The quantitative estimate of drug-likeness (QED) is 0.389. The van der Waals surface area contributed by atoms with Crippen LogP contribution in [0.15, 0.2) is 41.0 Å². The molecule has 2 aliphatic carbocycles. The molecule has 0 spiro atoms. The van der Waals surface area contributed by atoms with Crippen molar-refractivity contribution < 1.29 is 36.6 Å². The zero-order chi connectivity index (χ0) is 27.8. The molecule has 5 rings (SSSR count). The van der Waals surface area contributed by atoms with Gasteiger partial charge in [0.15, 0.2) is 11.5 Å². The number of fused-ring (bicyclic) bond motifs is 3. The van der Waals surface area contributed by atoms with Gasteiger partial charge in [0.05, 0.1) is 31.7 Å². The largest absolute Gasteiger partial charge is 0.467 e. The van der Waals surface area contributed by atoms with E-state index in [4.69, 9.17) is 18.6 Å². The summed E-state index contributed by atoms with van der Waals surface area (Å²) < 4.78 is 50.5. The van der Waals surface area contributed by atoms with E-state index in [1.165, 1.54) is 17.7 Å². The SMILES string of the molecule is COCCN(CC(=O)N(Cc1ccc2c(c1)OCO2)Cc1ccco1)S(=O)(=O)CC12CCC(CC1=O)C2(C)C. The van der Waals surface area contributed by atoms with E-state index in [1.54, 1.807) is 23.1 Å². The Bertz CT molecular complexity index is 1320. The summed E-state index contributed by atoms with van der Waals surface area (Å²) in [7, 11) is -2.49. The Morgan fingerprint density at radius 3 is 2.62 bits per heavy atom. The molecule has 2 heterocycles. The highest BCUT2D eigenvalue weighted by Gasteiger charge is 2.65. The Balaban J connectivity index is 1.38. The fourth-order valence-corrected chi connectivity index (χ4v) is 8.50. The molecular formula is C28H36N2O8S. The highest BCUT2D eigenvalue weighted by Crippen LogP contribution is 2.64. The fourth-order valence-electron chi connectivity index (χ4n) is 6.35. The Morgan fingerprint density at radius 1 is 1.15 bits per heavy atom. The highest BCUT2D eigenvalue weighted by atomic mass is 32.2. The Kier molecular flexibility index (Phi) is 7.51. The number of furan rings is 1. The van der Waals surface area contributed by atoms with Gasteiger partial charge in [0.2, 0.25) is 22.7 Å². The van der Waals surface area contributed by atoms with Crippen LogP contribution < -0.4 is 9.47 Å². The second kappa shape index (κ2) is 10.6. The van der Waals surface area contributed by atoms with Gasteiger partial charge >= 0.3 is 0 Å². The van der Waals surface area contributed by atoms with Crippen LogP contribution in [0.1, 0.15) is 44.4 Å². The third-order valence-corrected chi connectivity index (χ3v) is 10.9. The number of ketones is 1. The molecule has 212 valence electrons. The second-order valence-electron chi connectivity index (χ2n) is 11.3. The molecule has 39 heavy (non-hydrogen) atoms. The molecule has 1 aliphatic heterocycles. The summed E-state index contributed by atoms with van der Waals surface area (Å²) in [5, 5.41) is 0. The number of hydrogen-bond acceptors (Lipinski definition) is 8. The summed E-state index contributed by atoms with van der Waals surface area (Å²) in [6.07, 6.45) is 3.36. The van der Waals surface area contributed by atoms with Crippen LogP contribution in [0.4, 0.5) is 0 Å². The predicted molar refractivity (Wildman–Crippen MR) is 141 cm³/mol. The fraction of sp³-hybridized carbons (Fsp3) is 0.571. The molecule has 2 unspecified atom stereocenters. The van der Waals surface area contributed by atoms with Crippen LogP contribution in [-0.2, 0) is 37.4 Å². The number of hydrogen-bond donors (Lipinski definition) is 0. The number of nitrogens with zero attached hydrogens (tertiary/aromatic N) is 2. The van der Waals surface area contributed by atoms with Gasteiger partial charge in [0.1, 0.15) is 11.5 Å². The van der Waals surface area contributed by atoms with Crippen LogP contribution in [0.25, 0.3) is 0 Å².